The van der Waals surface area contributed by atoms with Crippen LogP contribution in [-0.2, 0) is 6.42 Å². The molecule has 5 heteroatoms. The van der Waals surface area contributed by atoms with Gasteiger partial charge in [0.25, 0.3) is 0 Å². The number of thiazole rings is 1. The Morgan fingerprint density at radius 1 is 1.00 bits per heavy atom. The molecule has 0 saturated carbocycles. The van der Waals surface area contributed by atoms with E-state index in [4.69, 9.17) is 5.73 Å². The summed E-state index contributed by atoms with van der Waals surface area (Å²) in [7, 11) is 0. The molecule has 0 radical (unpaired) electrons. The van der Waals surface area contributed by atoms with Gasteiger partial charge in [-0.3, -0.25) is 0 Å². The fourth-order valence-electron chi connectivity index (χ4n) is 1.99. The number of aromatic nitrogens is 1. The van der Waals surface area contributed by atoms with E-state index < -0.39 is 11.6 Å². The first kappa shape index (κ1) is 13.7. The van der Waals surface area contributed by atoms with E-state index >= 15 is 0 Å². The lowest BCUT2D eigenvalue weighted by molar-refractivity contribution is 0.509. The Morgan fingerprint density at radius 2 is 1.76 bits per heavy atom. The van der Waals surface area contributed by atoms with Gasteiger partial charge in [0.15, 0.2) is 11.6 Å². The Morgan fingerprint density at radius 3 is 2.48 bits per heavy atom. The smallest absolute Gasteiger partial charge is 0.159 e. The highest BCUT2D eigenvalue weighted by Gasteiger charge is 2.08. The van der Waals surface area contributed by atoms with Crippen molar-refractivity contribution in [2.75, 3.05) is 5.73 Å². The fraction of sp³-hybridized carbons (Fsp3) is 0.0625. The zero-order valence-corrected chi connectivity index (χ0v) is 11.8. The molecular weight excluding hydrogens is 290 g/mol. The number of anilines is 1. The lowest BCUT2D eigenvalue weighted by Gasteiger charge is -1.99. The molecule has 2 nitrogen and oxygen atoms in total. The van der Waals surface area contributed by atoms with Crippen LogP contribution in [0.1, 0.15) is 10.6 Å². The van der Waals surface area contributed by atoms with Gasteiger partial charge in [-0.15, -0.1) is 11.3 Å². The van der Waals surface area contributed by atoms with Gasteiger partial charge in [-0.2, -0.15) is 0 Å². The molecule has 3 rings (SSSR count). The van der Waals surface area contributed by atoms with Gasteiger partial charge in [0.1, 0.15) is 0 Å². The second-order valence-corrected chi connectivity index (χ2v) is 5.62. The lowest BCUT2D eigenvalue weighted by Crippen LogP contribution is -1.90. The number of nitrogens with two attached hydrogens (primary N) is 1. The monoisotopic (exact) mass is 302 g/mol. The van der Waals surface area contributed by atoms with Crippen LogP contribution in [0.3, 0.4) is 0 Å². The van der Waals surface area contributed by atoms with Gasteiger partial charge in [0.05, 0.1) is 10.7 Å². The van der Waals surface area contributed by atoms with E-state index in [0.717, 1.165) is 28.4 Å². The second kappa shape index (κ2) is 5.61. The van der Waals surface area contributed by atoms with Gasteiger partial charge in [-0.05, 0) is 35.9 Å². The maximum atomic E-state index is 13.2. The van der Waals surface area contributed by atoms with Crippen LogP contribution in [0.5, 0.6) is 0 Å². The van der Waals surface area contributed by atoms with E-state index in [1.165, 1.54) is 17.4 Å². The molecule has 0 spiro atoms. The summed E-state index contributed by atoms with van der Waals surface area (Å²) >= 11 is 1.49. The minimum absolute atomic E-state index is 0.578. The maximum absolute atomic E-state index is 13.2. The van der Waals surface area contributed by atoms with Crippen molar-refractivity contribution in [3.05, 3.63) is 70.1 Å². The predicted octanol–water partition coefficient (Wildman–Crippen LogP) is 4.26. The van der Waals surface area contributed by atoms with Crippen molar-refractivity contribution in [1.29, 1.82) is 0 Å². The predicted molar refractivity (Wildman–Crippen MR) is 81.1 cm³/mol. The van der Waals surface area contributed by atoms with Crippen molar-refractivity contribution >= 4 is 17.0 Å². The van der Waals surface area contributed by atoms with E-state index in [1.807, 2.05) is 29.6 Å². The maximum Gasteiger partial charge on any atom is 0.159 e. The van der Waals surface area contributed by atoms with E-state index in [-0.39, 0.29) is 0 Å². The molecule has 0 aliphatic heterocycles. The molecule has 2 aromatic carbocycles. The van der Waals surface area contributed by atoms with Gasteiger partial charge >= 0.3 is 0 Å². The van der Waals surface area contributed by atoms with Crippen molar-refractivity contribution in [3.63, 3.8) is 0 Å². The minimum Gasteiger partial charge on any atom is -0.399 e. The number of benzene rings is 2. The van der Waals surface area contributed by atoms with Crippen LogP contribution in [0.4, 0.5) is 14.5 Å². The number of halogens is 2. The average molecular weight is 302 g/mol. The van der Waals surface area contributed by atoms with Crippen molar-refractivity contribution in [2.45, 2.75) is 6.42 Å². The van der Waals surface area contributed by atoms with Gasteiger partial charge in [0, 0.05) is 23.1 Å². The summed E-state index contributed by atoms with van der Waals surface area (Å²) in [5, 5.41) is 2.76. The molecule has 0 amide bonds. The van der Waals surface area contributed by atoms with Crippen LogP contribution in [0.2, 0.25) is 0 Å². The number of hydrogen-bond acceptors (Lipinski definition) is 3. The molecule has 0 aliphatic rings. The molecule has 1 heterocycles. The van der Waals surface area contributed by atoms with Crippen molar-refractivity contribution < 1.29 is 8.78 Å². The summed E-state index contributed by atoms with van der Waals surface area (Å²) in [5.41, 5.74) is 8.71. The van der Waals surface area contributed by atoms with E-state index in [9.17, 15) is 8.78 Å². The Kier molecular flexibility index (Phi) is 3.66. The number of rotatable bonds is 3. The van der Waals surface area contributed by atoms with Crippen molar-refractivity contribution in [2.24, 2.45) is 0 Å². The molecule has 106 valence electrons. The third kappa shape index (κ3) is 3.08. The summed E-state index contributed by atoms with van der Waals surface area (Å²) in [5.74, 6) is -1.71. The standard InChI is InChI=1S/C16H12F2N2S/c17-13-6-3-11(8-14(13)18)15-9-21-16(20-15)7-10-1-4-12(19)5-2-10/h1-6,8-9H,7,19H2. The first-order valence-corrected chi connectivity index (χ1v) is 7.24. The minimum atomic E-state index is -0.861. The third-order valence-electron chi connectivity index (χ3n) is 3.10. The van der Waals surface area contributed by atoms with Crippen LogP contribution in [0.25, 0.3) is 11.3 Å². The summed E-state index contributed by atoms with van der Waals surface area (Å²) in [6.07, 6.45) is 0.689. The molecule has 0 saturated heterocycles. The van der Waals surface area contributed by atoms with E-state index in [1.54, 1.807) is 0 Å². The summed E-state index contributed by atoms with van der Waals surface area (Å²) in [6.45, 7) is 0. The van der Waals surface area contributed by atoms with Gasteiger partial charge in [-0.25, -0.2) is 13.8 Å². The molecule has 0 atom stereocenters. The second-order valence-electron chi connectivity index (χ2n) is 4.67. The molecule has 0 bridgehead atoms. The normalized spacial score (nSPS) is 10.8. The van der Waals surface area contributed by atoms with Gasteiger partial charge in [0.2, 0.25) is 0 Å². The SMILES string of the molecule is Nc1ccc(Cc2nc(-c3ccc(F)c(F)c3)cs2)cc1. The number of nitrogens with zero attached hydrogens (tertiary/aromatic N) is 1. The zero-order chi connectivity index (χ0) is 14.8. The summed E-state index contributed by atoms with van der Waals surface area (Å²) in [4.78, 5) is 4.47. The highest BCUT2D eigenvalue weighted by Crippen LogP contribution is 2.25. The average Bonchev–Trinajstić information content (AvgIpc) is 2.93. The third-order valence-corrected chi connectivity index (χ3v) is 3.95. The van der Waals surface area contributed by atoms with E-state index in [2.05, 4.69) is 4.98 Å². The summed E-state index contributed by atoms with van der Waals surface area (Å²) in [6, 6.07) is 11.4. The molecule has 2 N–H and O–H groups in total. The summed E-state index contributed by atoms with van der Waals surface area (Å²) < 4.78 is 26.2. The molecule has 1 aromatic heterocycles. The zero-order valence-electron chi connectivity index (χ0n) is 11.0. The van der Waals surface area contributed by atoms with E-state index in [0.29, 0.717) is 17.7 Å². The van der Waals surface area contributed by atoms with Crippen molar-refractivity contribution in [3.8, 4) is 11.3 Å². The Balaban J connectivity index is 1.82. The number of hydrogen-bond donors (Lipinski definition) is 1. The molecule has 3 aromatic rings. The molecule has 0 fully saturated rings. The first-order chi connectivity index (χ1) is 10.1. The largest absolute Gasteiger partial charge is 0.399 e. The Hall–Kier alpha value is -2.27. The quantitative estimate of drug-likeness (QED) is 0.734. The van der Waals surface area contributed by atoms with Crippen LogP contribution >= 0.6 is 11.3 Å². The van der Waals surface area contributed by atoms with Gasteiger partial charge in [-0.1, -0.05) is 12.1 Å². The van der Waals surface area contributed by atoms with Crippen LogP contribution < -0.4 is 5.73 Å². The highest BCUT2D eigenvalue weighted by atomic mass is 32.1. The van der Waals surface area contributed by atoms with Crippen LogP contribution in [-0.4, -0.2) is 4.98 Å². The molecule has 0 unspecified atom stereocenters. The Labute approximate surface area is 124 Å². The first-order valence-electron chi connectivity index (χ1n) is 6.36. The topological polar surface area (TPSA) is 38.9 Å². The molecular formula is C16H12F2N2S. The lowest BCUT2D eigenvalue weighted by atomic mass is 10.1. The number of nitrogen functional groups attached to an aromatic ring is 1. The fourth-order valence-corrected chi connectivity index (χ4v) is 2.83. The molecule has 21 heavy (non-hydrogen) atoms. The Bertz CT molecular complexity index is 766. The van der Waals surface area contributed by atoms with Crippen LogP contribution in [0.15, 0.2) is 47.8 Å². The molecule has 0 aliphatic carbocycles. The van der Waals surface area contributed by atoms with Gasteiger partial charge < -0.3 is 5.73 Å². The van der Waals surface area contributed by atoms with Crippen molar-refractivity contribution in [1.82, 2.24) is 4.98 Å². The van der Waals surface area contributed by atoms with Crippen LogP contribution in [0, 0.1) is 11.6 Å². The highest BCUT2D eigenvalue weighted by molar-refractivity contribution is 7.10.